The monoisotopic (exact) mass is 283 g/mol. The highest BCUT2D eigenvalue weighted by atomic mass is 79.9. The number of halogens is 2. The molecule has 1 unspecified atom stereocenters. The van der Waals surface area contributed by atoms with E-state index in [0.717, 1.165) is 11.3 Å². The van der Waals surface area contributed by atoms with Crippen molar-refractivity contribution in [3.05, 3.63) is 52.0 Å². The summed E-state index contributed by atoms with van der Waals surface area (Å²) in [4.78, 5) is 0. The predicted molar refractivity (Wildman–Crippen MR) is 63.3 cm³/mol. The van der Waals surface area contributed by atoms with Gasteiger partial charge in [0.2, 0.25) is 0 Å². The standard InChI is InChI=1S/C11H11BrFN3/c1-16-10(4-5-15-16)11(14)7-2-3-8(12)9(13)6-7/h2-6,11H,14H2,1H3. The summed E-state index contributed by atoms with van der Waals surface area (Å²) < 4.78 is 15.5. The van der Waals surface area contributed by atoms with E-state index >= 15 is 0 Å². The van der Waals surface area contributed by atoms with Gasteiger partial charge in [0.25, 0.3) is 0 Å². The Bertz CT molecular complexity index is 510. The molecule has 1 aromatic carbocycles. The van der Waals surface area contributed by atoms with Crippen molar-refractivity contribution in [1.29, 1.82) is 0 Å². The van der Waals surface area contributed by atoms with Crippen molar-refractivity contribution < 1.29 is 4.39 Å². The molecule has 0 amide bonds. The van der Waals surface area contributed by atoms with E-state index in [1.807, 2.05) is 13.1 Å². The largest absolute Gasteiger partial charge is 0.319 e. The Hall–Kier alpha value is -1.20. The van der Waals surface area contributed by atoms with Crippen LogP contribution in [0.5, 0.6) is 0 Å². The van der Waals surface area contributed by atoms with Crippen molar-refractivity contribution in [2.45, 2.75) is 6.04 Å². The smallest absolute Gasteiger partial charge is 0.137 e. The van der Waals surface area contributed by atoms with Crippen molar-refractivity contribution in [2.75, 3.05) is 0 Å². The molecule has 0 spiro atoms. The maximum Gasteiger partial charge on any atom is 0.137 e. The van der Waals surface area contributed by atoms with E-state index in [1.54, 1.807) is 23.0 Å². The fraction of sp³-hybridized carbons (Fsp3) is 0.182. The van der Waals surface area contributed by atoms with Gasteiger partial charge in [0.1, 0.15) is 5.82 Å². The highest BCUT2D eigenvalue weighted by Gasteiger charge is 2.13. The molecule has 84 valence electrons. The van der Waals surface area contributed by atoms with Crippen molar-refractivity contribution in [3.8, 4) is 0 Å². The number of hydrogen-bond donors (Lipinski definition) is 1. The van der Waals surface area contributed by atoms with Gasteiger partial charge in [-0.2, -0.15) is 5.10 Å². The zero-order chi connectivity index (χ0) is 11.7. The number of nitrogens with two attached hydrogens (primary N) is 1. The Morgan fingerprint density at radius 2 is 2.19 bits per heavy atom. The quantitative estimate of drug-likeness (QED) is 0.920. The Kier molecular flexibility index (Phi) is 3.07. The van der Waals surface area contributed by atoms with Crippen molar-refractivity contribution in [1.82, 2.24) is 9.78 Å². The molecule has 1 atom stereocenters. The summed E-state index contributed by atoms with van der Waals surface area (Å²) in [5, 5.41) is 4.04. The number of aryl methyl sites for hydroxylation is 1. The van der Waals surface area contributed by atoms with Gasteiger partial charge in [-0.3, -0.25) is 4.68 Å². The van der Waals surface area contributed by atoms with Gasteiger partial charge in [-0.05, 0) is 39.7 Å². The van der Waals surface area contributed by atoms with Crippen LogP contribution in [-0.4, -0.2) is 9.78 Å². The fourth-order valence-corrected chi connectivity index (χ4v) is 1.81. The van der Waals surface area contributed by atoms with Gasteiger partial charge in [0, 0.05) is 13.2 Å². The summed E-state index contributed by atoms with van der Waals surface area (Å²) in [5.41, 5.74) is 7.61. The third-order valence-electron chi connectivity index (χ3n) is 2.48. The number of aromatic nitrogens is 2. The summed E-state index contributed by atoms with van der Waals surface area (Å²) in [6.45, 7) is 0. The summed E-state index contributed by atoms with van der Waals surface area (Å²) in [5.74, 6) is -0.310. The number of hydrogen-bond acceptors (Lipinski definition) is 2. The molecule has 0 aliphatic rings. The SMILES string of the molecule is Cn1nccc1C(N)c1ccc(Br)c(F)c1. The van der Waals surface area contributed by atoms with E-state index in [2.05, 4.69) is 21.0 Å². The van der Waals surface area contributed by atoms with Crippen LogP contribution in [0.2, 0.25) is 0 Å². The second kappa shape index (κ2) is 4.35. The van der Waals surface area contributed by atoms with Crippen molar-refractivity contribution in [2.24, 2.45) is 12.8 Å². The first-order valence-corrected chi connectivity index (χ1v) is 5.57. The van der Waals surface area contributed by atoms with E-state index in [1.165, 1.54) is 6.07 Å². The summed E-state index contributed by atoms with van der Waals surface area (Å²) in [6, 6.07) is 6.34. The Morgan fingerprint density at radius 1 is 1.44 bits per heavy atom. The molecule has 2 aromatic rings. The van der Waals surface area contributed by atoms with Gasteiger partial charge < -0.3 is 5.73 Å². The molecule has 0 saturated heterocycles. The molecule has 16 heavy (non-hydrogen) atoms. The number of rotatable bonds is 2. The average Bonchev–Trinajstić information content (AvgIpc) is 2.67. The first kappa shape index (κ1) is 11.3. The minimum atomic E-state index is -0.366. The third-order valence-corrected chi connectivity index (χ3v) is 3.12. The zero-order valence-corrected chi connectivity index (χ0v) is 10.3. The molecule has 0 aliphatic carbocycles. The van der Waals surface area contributed by atoms with Crippen LogP contribution in [0, 0.1) is 5.82 Å². The van der Waals surface area contributed by atoms with E-state index < -0.39 is 0 Å². The topological polar surface area (TPSA) is 43.8 Å². The second-order valence-corrected chi connectivity index (χ2v) is 4.39. The molecule has 0 aliphatic heterocycles. The van der Waals surface area contributed by atoms with Crippen LogP contribution in [0.25, 0.3) is 0 Å². The van der Waals surface area contributed by atoms with Crippen LogP contribution in [0.4, 0.5) is 4.39 Å². The number of nitrogens with zero attached hydrogens (tertiary/aromatic N) is 2. The molecule has 2 N–H and O–H groups in total. The average molecular weight is 284 g/mol. The molecule has 0 fully saturated rings. The van der Waals surface area contributed by atoms with E-state index in [9.17, 15) is 4.39 Å². The maximum atomic E-state index is 13.4. The lowest BCUT2D eigenvalue weighted by molar-refractivity contribution is 0.613. The van der Waals surface area contributed by atoms with Crippen LogP contribution in [0.1, 0.15) is 17.3 Å². The van der Waals surface area contributed by atoms with Crippen LogP contribution >= 0.6 is 15.9 Å². The lowest BCUT2D eigenvalue weighted by atomic mass is 10.0. The molecule has 0 saturated carbocycles. The van der Waals surface area contributed by atoms with E-state index in [-0.39, 0.29) is 11.9 Å². The lowest BCUT2D eigenvalue weighted by Gasteiger charge is -2.12. The molecule has 1 heterocycles. The Balaban J connectivity index is 2.38. The summed E-state index contributed by atoms with van der Waals surface area (Å²) in [7, 11) is 1.81. The van der Waals surface area contributed by atoms with E-state index in [0.29, 0.717) is 4.47 Å². The first-order valence-electron chi connectivity index (χ1n) is 4.78. The predicted octanol–water partition coefficient (Wildman–Crippen LogP) is 2.37. The molecule has 0 radical (unpaired) electrons. The summed E-state index contributed by atoms with van der Waals surface area (Å²) >= 11 is 3.11. The van der Waals surface area contributed by atoms with Crippen LogP contribution < -0.4 is 5.73 Å². The van der Waals surface area contributed by atoms with E-state index in [4.69, 9.17) is 5.73 Å². The molecule has 0 bridgehead atoms. The molecule has 3 nitrogen and oxygen atoms in total. The van der Waals surface area contributed by atoms with Crippen LogP contribution in [-0.2, 0) is 7.05 Å². The molecule has 2 rings (SSSR count). The second-order valence-electron chi connectivity index (χ2n) is 3.53. The van der Waals surface area contributed by atoms with Gasteiger partial charge in [0.15, 0.2) is 0 Å². The molecule has 5 heteroatoms. The minimum Gasteiger partial charge on any atom is -0.319 e. The normalized spacial score (nSPS) is 12.8. The first-order chi connectivity index (χ1) is 7.59. The fourth-order valence-electron chi connectivity index (χ4n) is 1.57. The van der Waals surface area contributed by atoms with Gasteiger partial charge in [0.05, 0.1) is 16.2 Å². The van der Waals surface area contributed by atoms with Crippen molar-refractivity contribution in [3.63, 3.8) is 0 Å². The van der Waals surface area contributed by atoms with Crippen molar-refractivity contribution >= 4 is 15.9 Å². The van der Waals surface area contributed by atoms with Gasteiger partial charge in [-0.15, -0.1) is 0 Å². The Morgan fingerprint density at radius 3 is 2.75 bits per heavy atom. The van der Waals surface area contributed by atoms with Crippen LogP contribution in [0.3, 0.4) is 0 Å². The maximum absolute atomic E-state index is 13.4. The van der Waals surface area contributed by atoms with Gasteiger partial charge >= 0.3 is 0 Å². The molecular formula is C11H11BrFN3. The zero-order valence-electron chi connectivity index (χ0n) is 8.69. The molecule has 1 aromatic heterocycles. The third kappa shape index (κ3) is 2.01. The summed E-state index contributed by atoms with van der Waals surface area (Å²) in [6.07, 6.45) is 1.67. The highest BCUT2D eigenvalue weighted by Crippen LogP contribution is 2.23. The highest BCUT2D eigenvalue weighted by molar-refractivity contribution is 9.10. The lowest BCUT2D eigenvalue weighted by Crippen LogP contribution is -2.16. The van der Waals surface area contributed by atoms with Gasteiger partial charge in [-0.25, -0.2) is 4.39 Å². The minimum absolute atomic E-state index is 0.310. The number of benzene rings is 1. The Labute approximate surface area is 101 Å². The van der Waals surface area contributed by atoms with Gasteiger partial charge in [-0.1, -0.05) is 6.07 Å². The molecular weight excluding hydrogens is 273 g/mol. The van der Waals surface area contributed by atoms with Crippen LogP contribution in [0.15, 0.2) is 34.9 Å².